The van der Waals surface area contributed by atoms with Crippen LogP contribution in [-0.4, -0.2) is 6.21 Å². The predicted molar refractivity (Wildman–Crippen MR) is 72.6 cm³/mol. The highest BCUT2D eigenvalue weighted by Crippen LogP contribution is 2.08. The lowest BCUT2D eigenvalue weighted by atomic mass is 10.3. The van der Waals surface area contributed by atoms with Crippen LogP contribution in [0.4, 0.5) is 0 Å². The first-order valence-corrected chi connectivity index (χ1v) is 5.12. The highest BCUT2D eigenvalue weighted by molar-refractivity contribution is 5.69. The second-order valence-corrected chi connectivity index (χ2v) is 2.54. The van der Waals surface area contributed by atoms with E-state index in [0.717, 1.165) is 12.2 Å². The van der Waals surface area contributed by atoms with Gasteiger partial charge >= 0.3 is 0 Å². The van der Waals surface area contributed by atoms with Gasteiger partial charge in [-0.15, -0.1) is 13.2 Å². The Hall–Kier alpha value is -1.83. The summed E-state index contributed by atoms with van der Waals surface area (Å²) in [7, 11) is 0. The van der Waals surface area contributed by atoms with Crippen molar-refractivity contribution in [3.8, 4) is 0 Å². The van der Waals surface area contributed by atoms with E-state index in [0.29, 0.717) is 5.76 Å². The summed E-state index contributed by atoms with van der Waals surface area (Å²) < 4.78 is 5.46. The van der Waals surface area contributed by atoms with Crippen LogP contribution in [0.3, 0.4) is 0 Å². The van der Waals surface area contributed by atoms with Gasteiger partial charge in [-0.25, -0.2) is 0 Å². The predicted octanol–water partition coefficient (Wildman–Crippen LogP) is 4.39. The zero-order valence-electron chi connectivity index (χ0n) is 10.2. The third kappa shape index (κ3) is 8.75. The van der Waals surface area contributed by atoms with Gasteiger partial charge in [0.25, 0.3) is 0 Å². The number of ether oxygens (including phenoxy) is 1. The van der Waals surface area contributed by atoms with E-state index < -0.39 is 0 Å². The van der Waals surface area contributed by atoms with E-state index in [9.17, 15) is 0 Å². The number of rotatable bonds is 6. The fraction of sp³-hybridized carbons (Fsp3) is 0.214. The van der Waals surface area contributed by atoms with Crippen LogP contribution < -0.4 is 0 Å². The molecule has 1 N–H and O–H groups in total. The van der Waals surface area contributed by atoms with Gasteiger partial charge in [0.15, 0.2) is 0 Å². The van der Waals surface area contributed by atoms with E-state index in [1.165, 1.54) is 6.21 Å². The fourth-order valence-electron chi connectivity index (χ4n) is 0.785. The van der Waals surface area contributed by atoms with Crippen LogP contribution in [0.1, 0.15) is 20.3 Å². The first-order chi connectivity index (χ1) is 7.78. The molecule has 0 aromatic carbocycles. The van der Waals surface area contributed by atoms with Crippen molar-refractivity contribution in [2.45, 2.75) is 20.3 Å². The van der Waals surface area contributed by atoms with Crippen molar-refractivity contribution in [3.05, 3.63) is 61.6 Å². The zero-order valence-corrected chi connectivity index (χ0v) is 10.2. The molecule has 0 radical (unpaired) electrons. The molecule has 0 saturated carbocycles. The Morgan fingerprint density at radius 1 is 1.31 bits per heavy atom. The summed E-state index contributed by atoms with van der Waals surface area (Å²) in [6, 6.07) is 0. The highest BCUT2D eigenvalue weighted by Gasteiger charge is 1.94. The topological polar surface area (TPSA) is 33.1 Å². The maximum atomic E-state index is 6.91. The SMILES string of the molecule is C=C.C=C/C(=C\C=N)OC(/C=C\CC)=C/C. The van der Waals surface area contributed by atoms with Gasteiger partial charge in [-0.2, -0.15) is 0 Å². The fourth-order valence-corrected chi connectivity index (χ4v) is 0.785. The van der Waals surface area contributed by atoms with E-state index in [4.69, 9.17) is 10.1 Å². The number of hydrogen-bond donors (Lipinski definition) is 1. The van der Waals surface area contributed by atoms with Crippen LogP contribution in [0.5, 0.6) is 0 Å². The van der Waals surface area contributed by atoms with Crippen molar-refractivity contribution in [3.63, 3.8) is 0 Å². The van der Waals surface area contributed by atoms with E-state index in [-0.39, 0.29) is 0 Å². The van der Waals surface area contributed by atoms with Gasteiger partial charge in [0.1, 0.15) is 11.5 Å². The minimum atomic E-state index is 0.578. The van der Waals surface area contributed by atoms with Crippen molar-refractivity contribution in [1.29, 1.82) is 5.41 Å². The normalized spacial score (nSPS) is 11.6. The molecular weight excluding hydrogens is 198 g/mol. The van der Waals surface area contributed by atoms with Gasteiger partial charge in [-0.1, -0.05) is 19.6 Å². The molecule has 0 unspecified atom stereocenters. The van der Waals surface area contributed by atoms with Crippen LogP contribution in [-0.2, 0) is 4.74 Å². The van der Waals surface area contributed by atoms with Gasteiger partial charge in [-0.3, -0.25) is 0 Å². The molecule has 0 saturated heterocycles. The second-order valence-electron chi connectivity index (χ2n) is 2.54. The number of nitrogens with one attached hydrogen (secondary N) is 1. The lowest BCUT2D eigenvalue weighted by molar-refractivity contribution is 0.336. The maximum Gasteiger partial charge on any atom is 0.128 e. The zero-order chi connectivity index (χ0) is 12.8. The Labute approximate surface area is 98.8 Å². The average Bonchev–Trinajstić information content (AvgIpc) is 2.35. The van der Waals surface area contributed by atoms with Crippen LogP contribution >= 0.6 is 0 Å². The van der Waals surface area contributed by atoms with Gasteiger partial charge in [-0.05, 0) is 37.6 Å². The van der Waals surface area contributed by atoms with Crippen LogP contribution in [0.2, 0.25) is 0 Å². The van der Waals surface area contributed by atoms with Crippen LogP contribution in [0, 0.1) is 5.41 Å². The molecule has 0 atom stereocenters. The third-order valence-corrected chi connectivity index (χ3v) is 1.49. The van der Waals surface area contributed by atoms with E-state index in [1.54, 1.807) is 12.2 Å². The van der Waals surface area contributed by atoms with Crippen LogP contribution in [0.15, 0.2) is 61.6 Å². The molecule has 2 nitrogen and oxygen atoms in total. The lowest BCUT2D eigenvalue weighted by Gasteiger charge is -2.05. The number of hydrogen-bond acceptors (Lipinski definition) is 2. The first-order valence-electron chi connectivity index (χ1n) is 5.12. The molecule has 0 aliphatic rings. The smallest absolute Gasteiger partial charge is 0.128 e. The van der Waals surface area contributed by atoms with E-state index in [1.807, 2.05) is 25.2 Å². The van der Waals surface area contributed by atoms with Crippen LogP contribution in [0.25, 0.3) is 0 Å². The van der Waals surface area contributed by atoms with Gasteiger partial charge in [0.2, 0.25) is 0 Å². The Kier molecular flexibility index (Phi) is 13.7. The third-order valence-electron chi connectivity index (χ3n) is 1.49. The summed E-state index contributed by atoms with van der Waals surface area (Å²) >= 11 is 0. The van der Waals surface area contributed by atoms with Gasteiger partial charge in [0.05, 0.1) is 0 Å². The van der Waals surface area contributed by atoms with Crippen molar-refractivity contribution >= 4 is 6.21 Å². The largest absolute Gasteiger partial charge is 0.458 e. The van der Waals surface area contributed by atoms with E-state index in [2.05, 4.69) is 26.7 Å². The second kappa shape index (κ2) is 13.2. The summed E-state index contributed by atoms with van der Waals surface area (Å²) in [5.74, 6) is 1.34. The highest BCUT2D eigenvalue weighted by atomic mass is 16.5. The van der Waals surface area contributed by atoms with Crippen molar-refractivity contribution in [1.82, 2.24) is 0 Å². The molecule has 0 bridgehead atoms. The molecule has 0 amide bonds. The van der Waals surface area contributed by atoms with E-state index >= 15 is 0 Å². The van der Waals surface area contributed by atoms with Crippen molar-refractivity contribution < 1.29 is 4.74 Å². The summed E-state index contributed by atoms with van der Waals surface area (Å²) in [6.07, 6.45) is 11.1. The Balaban J connectivity index is 0. The molecule has 0 aromatic heterocycles. The van der Waals surface area contributed by atoms with Crippen molar-refractivity contribution in [2.75, 3.05) is 0 Å². The number of allylic oxidation sites excluding steroid dienone is 5. The molecule has 2 heteroatoms. The van der Waals surface area contributed by atoms with Crippen molar-refractivity contribution in [2.24, 2.45) is 0 Å². The average molecular weight is 219 g/mol. The summed E-state index contributed by atoms with van der Waals surface area (Å²) in [5.41, 5.74) is 0. The standard InChI is InChI=1S/C12H17NO.C2H4/c1-4-7-8-11(5-2)14-12(6-3)9-10-13;1-2/h5-10,13H,3-4H2,1-2H3;1-2H2/b8-7-,11-5+,12-9+,13-10?;. The minimum Gasteiger partial charge on any atom is -0.458 e. The molecule has 0 aromatic rings. The Bertz CT molecular complexity index is 285. The summed E-state index contributed by atoms with van der Waals surface area (Å²) in [6.45, 7) is 13.6. The molecule has 0 rings (SSSR count). The molecule has 0 fully saturated rings. The first kappa shape index (κ1) is 16.6. The molecular formula is C14H21NO. The molecule has 0 aliphatic carbocycles. The molecule has 88 valence electrons. The summed E-state index contributed by atoms with van der Waals surface area (Å²) in [5, 5.41) is 6.91. The quantitative estimate of drug-likeness (QED) is 0.305. The maximum absolute atomic E-state index is 6.91. The van der Waals surface area contributed by atoms with Gasteiger partial charge in [0, 0.05) is 6.21 Å². The summed E-state index contributed by atoms with van der Waals surface area (Å²) in [4.78, 5) is 0. The molecule has 0 spiro atoms. The monoisotopic (exact) mass is 219 g/mol. The molecule has 0 heterocycles. The molecule has 16 heavy (non-hydrogen) atoms. The minimum absolute atomic E-state index is 0.578. The van der Waals surface area contributed by atoms with Gasteiger partial charge < -0.3 is 10.1 Å². The molecule has 0 aliphatic heterocycles. The Morgan fingerprint density at radius 2 is 1.94 bits per heavy atom. The Morgan fingerprint density at radius 3 is 2.31 bits per heavy atom. The lowest BCUT2D eigenvalue weighted by Crippen LogP contribution is -1.88.